The molecule has 1 aromatic rings. The number of alkyl halides is 2. The van der Waals surface area contributed by atoms with Gasteiger partial charge >= 0.3 is 0 Å². The van der Waals surface area contributed by atoms with Crippen LogP contribution in [0.5, 0.6) is 5.75 Å². The van der Waals surface area contributed by atoms with Crippen molar-refractivity contribution in [3.05, 3.63) is 23.8 Å². The van der Waals surface area contributed by atoms with Gasteiger partial charge in [0, 0.05) is 5.69 Å². The standard InChI is InChI=1S/C11H13F2NO/c12-11(13)6-15-10-4-3-8(14)5-9(10)7-1-2-7/h3-5,7,11H,1-2,6,14H2. The first-order valence-electron chi connectivity index (χ1n) is 4.97. The molecule has 1 saturated carbocycles. The van der Waals surface area contributed by atoms with Crippen molar-refractivity contribution in [1.29, 1.82) is 0 Å². The molecule has 0 aromatic heterocycles. The SMILES string of the molecule is Nc1ccc(OCC(F)F)c(C2CC2)c1. The third kappa shape index (κ3) is 2.58. The number of benzene rings is 1. The van der Waals surface area contributed by atoms with Crippen molar-refractivity contribution in [3.63, 3.8) is 0 Å². The predicted octanol–water partition coefficient (Wildman–Crippen LogP) is 2.79. The zero-order chi connectivity index (χ0) is 10.8. The van der Waals surface area contributed by atoms with Crippen LogP contribution in [0.3, 0.4) is 0 Å². The van der Waals surface area contributed by atoms with E-state index in [9.17, 15) is 8.78 Å². The molecule has 0 radical (unpaired) electrons. The second-order valence-corrected chi connectivity index (χ2v) is 3.77. The highest BCUT2D eigenvalue weighted by Gasteiger charge is 2.27. The largest absolute Gasteiger partial charge is 0.487 e. The maximum absolute atomic E-state index is 12.0. The molecule has 1 fully saturated rings. The van der Waals surface area contributed by atoms with Gasteiger partial charge in [-0.15, -0.1) is 0 Å². The lowest BCUT2D eigenvalue weighted by Gasteiger charge is -2.11. The normalized spacial score (nSPS) is 15.7. The Kier molecular flexibility index (Phi) is 2.75. The van der Waals surface area contributed by atoms with Crippen molar-refractivity contribution in [2.45, 2.75) is 25.2 Å². The van der Waals surface area contributed by atoms with Crippen LogP contribution in [0.25, 0.3) is 0 Å². The lowest BCUT2D eigenvalue weighted by atomic mass is 10.1. The first-order valence-corrected chi connectivity index (χ1v) is 4.97. The van der Waals surface area contributed by atoms with Crippen LogP contribution in [0.1, 0.15) is 24.3 Å². The summed E-state index contributed by atoms with van der Waals surface area (Å²) in [5, 5.41) is 0. The second-order valence-electron chi connectivity index (χ2n) is 3.77. The zero-order valence-corrected chi connectivity index (χ0v) is 8.25. The van der Waals surface area contributed by atoms with Crippen molar-refractivity contribution in [3.8, 4) is 5.75 Å². The summed E-state index contributed by atoms with van der Waals surface area (Å²) in [4.78, 5) is 0. The maximum atomic E-state index is 12.0. The first kappa shape index (κ1) is 10.2. The Labute approximate surface area is 87.0 Å². The van der Waals surface area contributed by atoms with Gasteiger partial charge in [-0.25, -0.2) is 8.78 Å². The lowest BCUT2D eigenvalue weighted by molar-refractivity contribution is 0.0814. The molecule has 2 nitrogen and oxygen atoms in total. The van der Waals surface area contributed by atoms with Crippen LogP contribution >= 0.6 is 0 Å². The van der Waals surface area contributed by atoms with Crippen LogP contribution in [0.2, 0.25) is 0 Å². The fraction of sp³-hybridized carbons (Fsp3) is 0.455. The van der Waals surface area contributed by atoms with Crippen LogP contribution < -0.4 is 10.5 Å². The summed E-state index contributed by atoms with van der Waals surface area (Å²) in [6.07, 6.45) is -0.252. The van der Waals surface area contributed by atoms with Crippen molar-refractivity contribution in [2.75, 3.05) is 12.3 Å². The van der Waals surface area contributed by atoms with Gasteiger partial charge in [-0.2, -0.15) is 0 Å². The number of hydrogen-bond donors (Lipinski definition) is 1. The molecule has 1 aliphatic carbocycles. The minimum absolute atomic E-state index is 0.446. The van der Waals surface area contributed by atoms with Gasteiger partial charge in [0.05, 0.1) is 0 Å². The minimum Gasteiger partial charge on any atom is -0.487 e. The van der Waals surface area contributed by atoms with Gasteiger partial charge in [-0.1, -0.05) is 0 Å². The van der Waals surface area contributed by atoms with E-state index >= 15 is 0 Å². The molecule has 2 rings (SSSR count). The van der Waals surface area contributed by atoms with Crippen LogP contribution in [0.4, 0.5) is 14.5 Å². The molecule has 0 unspecified atom stereocenters. The smallest absolute Gasteiger partial charge is 0.272 e. The predicted molar refractivity (Wildman–Crippen MR) is 54.3 cm³/mol. The molecule has 4 heteroatoms. The molecule has 1 aliphatic rings. The van der Waals surface area contributed by atoms with Gasteiger partial charge in [0.2, 0.25) is 0 Å². The van der Waals surface area contributed by atoms with Crippen LogP contribution in [-0.4, -0.2) is 13.0 Å². The number of nitrogen functional groups attached to an aromatic ring is 1. The van der Waals surface area contributed by atoms with Crippen LogP contribution in [0, 0.1) is 0 Å². The summed E-state index contributed by atoms with van der Waals surface area (Å²) < 4.78 is 29.0. The minimum atomic E-state index is -2.44. The highest BCUT2D eigenvalue weighted by atomic mass is 19.3. The third-order valence-electron chi connectivity index (χ3n) is 2.42. The molecular weight excluding hydrogens is 200 g/mol. The molecule has 0 atom stereocenters. The molecule has 2 N–H and O–H groups in total. The molecule has 0 amide bonds. The Morgan fingerprint density at radius 2 is 2.13 bits per heavy atom. The van der Waals surface area contributed by atoms with Crippen molar-refractivity contribution < 1.29 is 13.5 Å². The molecule has 1 aromatic carbocycles. The zero-order valence-electron chi connectivity index (χ0n) is 8.25. The van der Waals surface area contributed by atoms with Gasteiger partial charge < -0.3 is 10.5 Å². The molecule has 0 bridgehead atoms. The summed E-state index contributed by atoms with van der Waals surface area (Å²) in [5.74, 6) is 0.994. The van der Waals surface area contributed by atoms with Gasteiger partial charge in [-0.05, 0) is 42.5 Å². The number of ether oxygens (including phenoxy) is 1. The van der Waals surface area contributed by atoms with E-state index in [1.165, 1.54) is 0 Å². The van der Waals surface area contributed by atoms with E-state index < -0.39 is 13.0 Å². The number of nitrogens with two attached hydrogens (primary N) is 1. The van der Waals surface area contributed by atoms with Gasteiger partial charge in [0.25, 0.3) is 6.43 Å². The van der Waals surface area contributed by atoms with Gasteiger partial charge in [0.1, 0.15) is 12.4 Å². The molecule has 0 saturated heterocycles. The van der Waals surface area contributed by atoms with E-state index in [0.29, 0.717) is 17.4 Å². The van der Waals surface area contributed by atoms with E-state index in [-0.39, 0.29) is 0 Å². The number of anilines is 1. The Hall–Kier alpha value is -1.32. The van der Waals surface area contributed by atoms with Crippen molar-refractivity contribution >= 4 is 5.69 Å². The van der Waals surface area contributed by atoms with E-state index in [1.807, 2.05) is 6.07 Å². The summed E-state index contributed by atoms with van der Waals surface area (Å²) in [7, 11) is 0. The highest BCUT2D eigenvalue weighted by molar-refractivity contribution is 5.50. The quantitative estimate of drug-likeness (QED) is 0.780. The van der Waals surface area contributed by atoms with E-state index in [4.69, 9.17) is 10.5 Å². The van der Waals surface area contributed by atoms with E-state index in [1.54, 1.807) is 12.1 Å². The van der Waals surface area contributed by atoms with E-state index in [0.717, 1.165) is 18.4 Å². The number of halogens is 2. The van der Waals surface area contributed by atoms with Gasteiger partial charge in [0.15, 0.2) is 0 Å². The fourth-order valence-corrected chi connectivity index (χ4v) is 1.56. The average molecular weight is 213 g/mol. The Balaban J connectivity index is 2.14. The summed E-state index contributed by atoms with van der Waals surface area (Å²) in [6.45, 7) is -0.552. The molecule has 0 spiro atoms. The van der Waals surface area contributed by atoms with Crippen LogP contribution in [0.15, 0.2) is 18.2 Å². The summed E-state index contributed by atoms with van der Waals surface area (Å²) in [5.41, 5.74) is 7.27. The fourth-order valence-electron chi connectivity index (χ4n) is 1.56. The Morgan fingerprint density at radius 3 is 2.73 bits per heavy atom. The van der Waals surface area contributed by atoms with Gasteiger partial charge in [-0.3, -0.25) is 0 Å². The van der Waals surface area contributed by atoms with Crippen LogP contribution in [-0.2, 0) is 0 Å². The molecule has 15 heavy (non-hydrogen) atoms. The first-order chi connectivity index (χ1) is 7.16. The Morgan fingerprint density at radius 1 is 1.40 bits per heavy atom. The van der Waals surface area contributed by atoms with E-state index in [2.05, 4.69) is 0 Å². The van der Waals surface area contributed by atoms with Crippen molar-refractivity contribution in [2.24, 2.45) is 0 Å². The maximum Gasteiger partial charge on any atom is 0.272 e. The number of rotatable bonds is 4. The second kappa shape index (κ2) is 4.04. The lowest BCUT2D eigenvalue weighted by Crippen LogP contribution is -2.08. The Bertz CT molecular complexity index is 350. The molecule has 82 valence electrons. The third-order valence-corrected chi connectivity index (χ3v) is 2.42. The van der Waals surface area contributed by atoms with Crippen molar-refractivity contribution in [1.82, 2.24) is 0 Å². The topological polar surface area (TPSA) is 35.2 Å². The monoisotopic (exact) mass is 213 g/mol. The average Bonchev–Trinajstić information content (AvgIpc) is 2.98. The summed E-state index contributed by atoms with van der Waals surface area (Å²) in [6, 6.07) is 5.16. The molecule has 0 aliphatic heterocycles. The summed E-state index contributed by atoms with van der Waals surface area (Å²) >= 11 is 0. The molecule has 0 heterocycles. The number of hydrogen-bond acceptors (Lipinski definition) is 2. The molecular formula is C11H13F2NO. The highest BCUT2D eigenvalue weighted by Crippen LogP contribution is 2.44.